The highest BCUT2D eigenvalue weighted by atomic mass is 16.1. The highest BCUT2D eigenvalue weighted by Crippen LogP contribution is 2.28. The van der Waals surface area contributed by atoms with Gasteiger partial charge in [0.25, 0.3) is 0 Å². The summed E-state index contributed by atoms with van der Waals surface area (Å²) in [6.45, 7) is 3.05. The van der Waals surface area contributed by atoms with Crippen LogP contribution in [0.3, 0.4) is 0 Å². The van der Waals surface area contributed by atoms with Gasteiger partial charge in [-0.25, -0.2) is 4.68 Å². The van der Waals surface area contributed by atoms with E-state index >= 15 is 0 Å². The number of carbonyl (C=O) groups excluding carboxylic acids is 2. The second-order valence-electron chi connectivity index (χ2n) is 7.58. The molecule has 1 aliphatic rings. The summed E-state index contributed by atoms with van der Waals surface area (Å²) >= 11 is 0. The Bertz CT molecular complexity index is 1120. The second-order valence-corrected chi connectivity index (χ2v) is 7.58. The fourth-order valence-electron chi connectivity index (χ4n) is 3.97. The summed E-state index contributed by atoms with van der Waals surface area (Å²) in [5.74, 6) is -0.156. The predicted molar refractivity (Wildman–Crippen MR) is 121 cm³/mol. The molecule has 7 nitrogen and oxygen atoms in total. The highest BCUT2D eigenvalue weighted by Gasteiger charge is 2.39. The third-order valence-corrected chi connectivity index (χ3v) is 5.46. The molecule has 7 heteroatoms. The van der Waals surface area contributed by atoms with Crippen LogP contribution in [0.25, 0.3) is 5.69 Å². The molecule has 0 aliphatic carbocycles. The SMILES string of the molecule is CN[C@@H]1C(C(C)=O)=NN(c2ccccc2)[C@@H]1Cc1cc(C(C)=O)nn1-c1ccccc1. The molecule has 3 aromatic rings. The summed E-state index contributed by atoms with van der Waals surface area (Å²) in [7, 11) is 1.83. The van der Waals surface area contributed by atoms with Gasteiger partial charge in [0.05, 0.1) is 23.5 Å². The molecule has 0 unspecified atom stereocenters. The van der Waals surface area contributed by atoms with Crippen LogP contribution in [0.2, 0.25) is 0 Å². The summed E-state index contributed by atoms with van der Waals surface area (Å²) in [6, 6.07) is 20.9. The number of nitrogens with zero attached hydrogens (tertiary/aromatic N) is 4. The number of Topliss-reactive ketones (excluding diaryl/α,β-unsaturated/α-hetero) is 2. The van der Waals surface area contributed by atoms with E-state index in [0.717, 1.165) is 17.1 Å². The van der Waals surface area contributed by atoms with Gasteiger partial charge in [0.1, 0.15) is 11.4 Å². The van der Waals surface area contributed by atoms with Crippen molar-refractivity contribution in [2.24, 2.45) is 5.10 Å². The number of likely N-dealkylation sites (N-methyl/N-ethyl adjacent to an activating group) is 1. The molecule has 0 saturated carbocycles. The lowest BCUT2D eigenvalue weighted by molar-refractivity contribution is -0.111. The fraction of sp³-hybridized carbons (Fsp3) is 0.250. The molecule has 4 rings (SSSR count). The first-order valence-corrected chi connectivity index (χ1v) is 10.3. The van der Waals surface area contributed by atoms with E-state index in [0.29, 0.717) is 17.8 Å². The van der Waals surface area contributed by atoms with Crippen molar-refractivity contribution in [2.75, 3.05) is 12.1 Å². The average Bonchev–Trinajstić information content (AvgIpc) is 3.37. The molecule has 158 valence electrons. The minimum Gasteiger partial charge on any atom is -0.310 e. The number of benzene rings is 2. The zero-order valence-corrected chi connectivity index (χ0v) is 17.8. The number of aromatic nitrogens is 2. The van der Waals surface area contributed by atoms with E-state index in [1.54, 1.807) is 4.68 Å². The van der Waals surface area contributed by atoms with E-state index < -0.39 is 0 Å². The topological polar surface area (TPSA) is 79.6 Å². The second kappa shape index (κ2) is 8.65. The van der Waals surface area contributed by atoms with Gasteiger partial charge in [-0.15, -0.1) is 0 Å². The van der Waals surface area contributed by atoms with Crippen LogP contribution >= 0.6 is 0 Å². The first-order valence-electron chi connectivity index (χ1n) is 10.3. The predicted octanol–water partition coefficient (Wildman–Crippen LogP) is 3.04. The lowest BCUT2D eigenvalue weighted by atomic mass is 9.97. The smallest absolute Gasteiger partial charge is 0.180 e. The van der Waals surface area contributed by atoms with Gasteiger partial charge in [-0.3, -0.25) is 14.6 Å². The Kier molecular flexibility index (Phi) is 5.77. The van der Waals surface area contributed by atoms with Crippen molar-refractivity contribution in [3.63, 3.8) is 0 Å². The molecular formula is C24H25N5O2. The molecule has 0 amide bonds. The van der Waals surface area contributed by atoms with Gasteiger partial charge >= 0.3 is 0 Å². The number of carbonyl (C=O) groups is 2. The first-order chi connectivity index (χ1) is 15.0. The molecule has 0 bridgehead atoms. The number of hydrogen-bond acceptors (Lipinski definition) is 6. The molecule has 31 heavy (non-hydrogen) atoms. The van der Waals surface area contributed by atoms with Crippen LogP contribution in [0, 0.1) is 0 Å². The van der Waals surface area contributed by atoms with Crippen LogP contribution in [0.15, 0.2) is 71.8 Å². The summed E-state index contributed by atoms with van der Waals surface area (Å²) in [4.78, 5) is 24.4. The molecule has 2 aromatic carbocycles. The standard InChI is InChI=1S/C24H25N5O2/c1-16(30)21-14-20(28(26-21)18-10-6-4-7-11-18)15-22-24(25-3)23(17(2)31)27-29(22)19-12-8-5-9-13-19/h4-14,22,24-25H,15H2,1-3H3/t22-,24+/m1/s1. The summed E-state index contributed by atoms with van der Waals surface area (Å²) in [5.41, 5.74) is 3.57. The van der Waals surface area contributed by atoms with Crippen molar-refractivity contribution in [3.05, 3.63) is 78.1 Å². The third-order valence-electron chi connectivity index (χ3n) is 5.46. The lowest BCUT2D eigenvalue weighted by Gasteiger charge is -2.28. The molecule has 0 spiro atoms. The van der Waals surface area contributed by atoms with Gasteiger partial charge in [-0.05, 0) is 37.4 Å². The minimum absolute atomic E-state index is 0.0660. The quantitative estimate of drug-likeness (QED) is 0.600. The van der Waals surface area contributed by atoms with Gasteiger partial charge in [-0.2, -0.15) is 10.2 Å². The zero-order chi connectivity index (χ0) is 22.0. The number of ketones is 2. The Labute approximate surface area is 181 Å². The monoisotopic (exact) mass is 415 g/mol. The van der Waals surface area contributed by atoms with Crippen LogP contribution in [-0.2, 0) is 11.2 Å². The van der Waals surface area contributed by atoms with Gasteiger partial charge in [0.15, 0.2) is 11.6 Å². The molecule has 2 heterocycles. The Hall–Kier alpha value is -3.58. The van der Waals surface area contributed by atoms with E-state index in [9.17, 15) is 9.59 Å². The number of para-hydroxylation sites is 2. The molecule has 0 radical (unpaired) electrons. The fourth-order valence-corrected chi connectivity index (χ4v) is 3.97. The maximum atomic E-state index is 12.3. The summed E-state index contributed by atoms with van der Waals surface area (Å²) in [5, 5.41) is 14.4. The van der Waals surface area contributed by atoms with E-state index in [4.69, 9.17) is 0 Å². The molecule has 0 fully saturated rings. The number of hydrazone groups is 1. The normalized spacial score (nSPS) is 18.2. The van der Waals surface area contributed by atoms with Crippen molar-refractivity contribution in [1.82, 2.24) is 15.1 Å². The Morgan fingerprint density at radius 1 is 0.935 bits per heavy atom. The van der Waals surface area contributed by atoms with Crippen molar-refractivity contribution < 1.29 is 9.59 Å². The van der Waals surface area contributed by atoms with Gasteiger partial charge in [0, 0.05) is 26.0 Å². The zero-order valence-electron chi connectivity index (χ0n) is 17.8. The lowest BCUT2D eigenvalue weighted by Crippen LogP contribution is -2.48. The molecular weight excluding hydrogens is 390 g/mol. The van der Waals surface area contributed by atoms with Gasteiger partial charge in [0.2, 0.25) is 0 Å². The van der Waals surface area contributed by atoms with E-state index in [1.165, 1.54) is 13.8 Å². The molecule has 1 aromatic heterocycles. The van der Waals surface area contributed by atoms with Crippen LogP contribution in [0.4, 0.5) is 5.69 Å². The minimum atomic E-state index is -0.252. The number of hydrogen-bond donors (Lipinski definition) is 1. The van der Waals surface area contributed by atoms with Crippen LogP contribution < -0.4 is 10.3 Å². The largest absolute Gasteiger partial charge is 0.310 e. The molecule has 1 N–H and O–H groups in total. The number of rotatable bonds is 7. The van der Waals surface area contributed by atoms with Crippen LogP contribution in [-0.4, -0.2) is 46.2 Å². The van der Waals surface area contributed by atoms with Crippen molar-refractivity contribution in [3.8, 4) is 5.69 Å². The van der Waals surface area contributed by atoms with Crippen LogP contribution in [0.5, 0.6) is 0 Å². The Morgan fingerprint density at radius 2 is 1.55 bits per heavy atom. The van der Waals surface area contributed by atoms with E-state index in [-0.39, 0.29) is 23.7 Å². The van der Waals surface area contributed by atoms with E-state index in [1.807, 2.05) is 78.8 Å². The molecule has 0 saturated heterocycles. The first kappa shape index (κ1) is 20.7. The summed E-state index contributed by atoms with van der Waals surface area (Å²) in [6.07, 6.45) is 0.538. The van der Waals surface area contributed by atoms with Gasteiger partial charge in [-0.1, -0.05) is 36.4 Å². The van der Waals surface area contributed by atoms with Crippen LogP contribution in [0.1, 0.15) is 30.0 Å². The number of nitrogens with one attached hydrogen (secondary N) is 1. The van der Waals surface area contributed by atoms with Crippen molar-refractivity contribution in [2.45, 2.75) is 32.4 Å². The van der Waals surface area contributed by atoms with Gasteiger partial charge < -0.3 is 5.32 Å². The third kappa shape index (κ3) is 4.04. The summed E-state index contributed by atoms with van der Waals surface area (Å²) < 4.78 is 1.80. The molecule has 1 aliphatic heterocycles. The average molecular weight is 415 g/mol. The molecule has 2 atom stereocenters. The van der Waals surface area contributed by atoms with Crippen molar-refractivity contribution in [1.29, 1.82) is 0 Å². The maximum Gasteiger partial charge on any atom is 0.180 e. The van der Waals surface area contributed by atoms with E-state index in [2.05, 4.69) is 15.5 Å². The van der Waals surface area contributed by atoms with Crippen molar-refractivity contribution >= 4 is 23.0 Å². The number of anilines is 1. The Balaban J connectivity index is 1.78. The maximum absolute atomic E-state index is 12.3. The Morgan fingerprint density at radius 3 is 2.10 bits per heavy atom. The highest BCUT2D eigenvalue weighted by molar-refractivity contribution is 6.42.